The second kappa shape index (κ2) is 18.0. The van der Waals surface area contributed by atoms with E-state index in [0.717, 1.165) is 12.6 Å². The molecular weight excluding hydrogens is 474 g/mol. The number of nitrogens with one attached hydrogen (secondary N) is 1. The Kier molecular flexibility index (Phi) is 16.2. The molecule has 1 aromatic heterocycles. The van der Waals surface area contributed by atoms with E-state index in [0.29, 0.717) is 41.9 Å². The van der Waals surface area contributed by atoms with Gasteiger partial charge in [0.15, 0.2) is 0 Å². The van der Waals surface area contributed by atoms with Gasteiger partial charge in [-0.1, -0.05) is 17.7 Å². The molecule has 2 heterocycles. The molecule has 0 spiro atoms. The minimum atomic E-state index is -1.51. The first-order valence-electron chi connectivity index (χ1n) is 10.1. The first kappa shape index (κ1) is 30.5. The average molecular weight is 502 g/mol. The second-order valence-electron chi connectivity index (χ2n) is 6.95. The number of aliphatic carboxylic acids is 4. The van der Waals surface area contributed by atoms with E-state index in [1.54, 1.807) is 11.0 Å². The van der Waals surface area contributed by atoms with Gasteiger partial charge in [-0.3, -0.25) is 0 Å². The van der Waals surface area contributed by atoms with Crippen molar-refractivity contribution in [2.24, 2.45) is 0 Å². The summed E-state index contributed by atoms with van der Waals surface area (Å²) < 4.78 is 5.57. The predicted molar refractivity (Wildman–Crippen MR) is 115 cm³/mol. The molecule has 0 aliphatic carbocycles. The van der Waals surface area contributed by atoms with Gasteiger partial charge in [0.25, 0.3) is 0 Å². The summed E-state index contributed by atoms with van der Waals surface area (Å²) in [7, 11) is 2.27. The lowest BCUT2D eigenvalue weighted by atomic mass is 10.1. The van der Waals surface area contributed by atoms with Crippen molar-refractivity contribution in [3.8, 4) is 5.88 Å². The molecule has 13 heteroatoms. The Bertz CT molecular complexity index is 788. The summed E-state index contributed by atoms with van der Waals surface area (Å²) in [5.74, 6) is -4.99. The zero-order chi connectivity index (χ0) is 25.9. The number of hydrogen-bond acceptors (Lipinski definition) is 8. The van der Waals surface area contributed by atoms with Gasteiger partial charge < -0.3 is 45.0 Å². The highest BCUT2D eigenvalue weighted by molar-refractivity contribution is 6.29. The van der Waals surface area contributed by atoms with Crippen LogP contribution in [0.1, 0.15) is 12.8 Å². The molecule has 0 amide bonds. The number of quaternary nitrogens is 2. The zero-order valence-corrected chi connectivity index (χ0v) is 19.3. The summed E-state index contributed by atoms with van der Waals surface area (Å²) in [6.45, 7) is 4.25. The summed E-state index contributed by atoms with van der Waals surface area (Å²) >= 11 is 5.79. The van der Waals surface area contributed by atoms with Crippen LogP contribution in [0.4, 0.5) is 0 Å². The van der Waals surface area contributed by atoms with Gasteiger partial charge in [-0.25, -0.2) is 14.6 Å². The monoisotopic (exact) mass is 501 g/mol. The third-order valence-corrected chi connectivity index (χ3v) is 4.38. The summed E-state index contributed by atoms with van der Waals surface area (Å²) in [6, 6.07) is 6.21. The number of carboxylic acid groups (broad SMARTS) is 4. The minimum absolute atomic E-state index is 0.447. The molecule has 0 unspecified atom stereocenters. The predicted octanol–water partition coefficient (Wildman–Crippen LogP) is -3.89. The zero-order valence-electron chi connectivity index (χ0n) is 18.5. The van der Waals surface area contributed by atoms with Gasteiger partial charge in [0, 0.05) is 31.1 Å². The quantitative estimate of drug-likeness (QED) is 0.147. The van der Waals surface area contributed by atoms with Gasteiger partial charge in [-0.15, -0.1) is 0 Å². The maximum atomic E-state index is 9.53. The molecule has 188 valence electrons. The molecule has 1 saturated heterocycles. The Morgan fingerprint density at radius 3 is 2.03 bits per heavy atom. The van der Waals surface area contributed by atoms with Crippen molar-refractivity contribution in [1.82, 2.24) is 4.98 Å². The molecule has 34 heavy (non-hydrogen) atoms. The van der Waals surface area contributed by atoms with Gasteiger partial charge in [0.2, 0.25) is 5.88 Å². The molecule has 1 aliphatic rings. The number of carbonyl (C=O) groups excluding carboxylic acids is 2. The highest BCUT2D eigenvalue weighted by Gasteiger charge is 2.21. The molecule has 12 nitrogen and oxygen atoms in total. The maximum Gasteiger partial charge on any atom is 0.328 e. The van der Waals surface area contributed by atoms with Crippen molar-refractivity contribution in [2.75, 3.05) is 33.3 Å². The number of nitrogens with two attached hydrogens (primary N) is 1. The van der Waals surface area contributed by atoms with Crippen LogP contribution in [0.3, 0.4) is 0 Å². The van der Waals surface area contributed by atoms with Crippen LogP contribution < -0.4 is 25.2 Å². The summed E-state index contributed by atoms with van der Waals surface area (Å²) in [5, 5.41) is 37.3. The van der Waals surface area contributed by atoms with Crippen LogP contribution >= 0.6 is 11.6 Å². The fourth-order valence-electron chi connectivity index (χ4n) is 2.58. The highest BCUT2D eigenvalue weighted by Crippen LogP contribution is 2.10. The molecule has 0 radical (unpaired) electrons. The highest BCUT2D eigenvalue weighted by atomic mass is 35.5. The van der Waals surface area contributed by atoms with Crippen molar-refractivity contribution in [3.63, 3.8) is 0 Å². The van der Waals surface area contributed by atoms with E-state index in [-0.39, 0.29) is 0 Å². The maximum absolute atomic E-state index is 9.53. The summed E-state index contributed by atoms with van der Waals surface area (Å²) in [4.78, 5) is 43.7. The van der Waals surface area contributed by atoms with Crippen LogP contribution in [0.15, 0.2) is 42.5 Å². The Balaban J connectivity index is 0.000000570. The standard InChI is InChI=1S/C13H20ClN3O.2C4H4O4/c1-17-8-5-11(6-9-17)15-7-10-18-13-4-2-3-12(14)16-13;2*5-3(6)1-2-4(7)8/h2-4,11,15H,5-10H2,1H3;2*1-2H,(H,5,6)(H,7,8)/b;2*2-1+. The topological polar surface area (TPSA) is 198 Å². The lowest BCUT2D eigenvalue weighted by Gasteiger charge is -2.24. The first-order valence-corrected chi connectivity index (χ1v) is 10.5. The summed E-state index contributed by atoms with van der Waals surface area (Å²) in [6.07, 6.45) is 4.50. The molecule has 0 bridgehead atoms. The number of carbonyl (C=O) groups is 4. The Labute approximate surface area is 201 Å². The Morgan fingerprint density at radius 1 is 1.09 bits per heavy atom. The lowest BCUT2D eigenvalue weighted by molar-refractivity contribution is -0.894. The molecule has 1 fully saturated rings. The van der Waals surface area contributed by atoms with E-state index in [1.165, 1.54) is 25.9 Å². The number of nitrogens with zero attached hydrogens (tertiary/aromatic N) is 1. The number of aromatic nitrogens is 1. The van der Waals surface area contributed by atoms with Gasteiger partial charge in [-0.05, 0) is 18.2 Å². The van der Waals surface area contributed by atoms with Gasteiger partial charge >= 0.3 is 11.9 Å². The SMILES string of the molecule is C[NH+]1CCC([NH2+]CCOc2cccc(Cl)n2)CC1.O=C([O-])/C=C/C(=O)O.O=C([O-])/C=C/C(=O)O. The third-order valence-electron chi connectivity index (χ3n) is 4.17. The van der Waals surface area contributed by atoms with Crippen molar-refractivity contribution in [2.45, 2.75) is 18.9 Å². The largest absolute Gasteiger partial charge is 0.545 e. The number of halogens is 1. The van der Waals surface area contributed by atoms with Crippen molar-refractivity contribution < 1.29 is 54.6 Å². The average Bonchev–Trinajstić information content (AvgIpc) is 2.76. The fraction of sp³-hybridized carbons (Fsp3) is 0.381. The minimum Gasteiger partial charge on any atom is -0.545 e. The van der Waals surface area contributed by atoms with Crippen LogP contribution in [-0.2, 0) is 19.2 Å². The molecule has 1 aromatic rings. The fourth-order valence-corrected chi connectivity index (χ4v) is 2.74. The van der Waals surface area contributed by atoms with Crippen LogP contribution in [0.5, 0.6) is 5.88 Å². The van der Waals surface area contributed by atoms with Crippen molar-refractivity contribution >= 4 is 35.5 Å². The summed E-state index contributed by atoms with van der Waals surface area (Å²) in [5.41, 5.74) is 0. The smallest absolute Gasteiger partial charge is 0.328 e. The number of hydrogen-bond donors (Lipinski definition) is 4. The van der Waals surface area contributed by atoms with E-state index in [2.05, 4.69) is 17.3 Å². The molecule has 0 aromatic carbocycles. The van der Waals surface area contributed by atoms with Crippen molar-refractivity contribution in [3.05, 3.63) is 47.7 Å². The number of pyridine rings is 1. The van der Waals surface area contributed by atoms with E-state index in [1.807, 2.05) is 12.1 Å². The molecule has 2 rings (SSSR count). The molecular formula is C21H28ClN3O9. The van der Waals surface area contributed by atoms with Gasteiger partial charge in [-0.2, -0.15) is 0 Å². The third kappa shape index (κ3) is 19.2. The van der Waals surface area contributed by atoms with Crippen LogP contribution in [-0.4, -0.2) is 78.4 Å². The van der Waals surface area contributed by atoms with Crippen LogP contribution in [0, 0.1) is 0 Å². The number of carboxylic acids is 4. The number of ether oxygens (including phenoxy) is 1. The molecule has 0 saturated carbocycles. The first-order chi connectivity index (χ1) is 16.0. The van der Waals surface area contributed by atoms with Gasteiger partial charge in [0.05, 0.1) is 38.1 Å². The number of piperidine rings is 1. The Hall–Kier alpha value is -3.48. The normalized spacial score (nSPS) is 17.1. The van der Waals surface area contributed by atoms with E-state index in [4.69, 9.17) is 26.6 Å². The van der Waals surface area contributed by atoms with Gasteiger partial charge in [0.1, 0.15) is 18.3 Å². The van der Waals surface area contributed by atoms with Crippen LogP contribution in [0.25, 0.3) is 0 Å². The van der Waals surface area contributed by atoms with Crippen molar-refractivity contribution in [1.29, 1.82) is 0 Å². The lowest BCUT2D eigenvalue weighted by Crippen LogP contribution is -3.12. The Morgan fingerprint density at radius 2 is 1.62 bits per heavy atom. The molecule has 0 atom stereocenters. The second-order valence-corrected chi connectivity index (χ2v) is 7.33. The number of rotatable bonds is 9. The van der Waals surface area contributed by atoms with E-state index < -0.39 is 23.9 Å². The van der Waals surface area contributed by atoms with E-state index in [9.17, 15) is 29.4 Å². The molecule has 5 N–H and O–H groups in total. The van der Waals surface area contributed by atoms with E-state index >= 15 is 0 Å². The number of likely N-dealkylation sites (tertiary alicyclic amines) is 1. The van der Waals surface area contributed by atoms with Crippen LogP contribution in [0.2, 0.25) is 5.15 Å². The molecule has 1 aliphatic heterocycles.